The van der Waals surface area contributed by atoms with Crippen molar-refractivity contribution in [2.75, 3.05) is 7.11 Å². The van der Waals surface area contributed by atoms with Gasteiger partial charge in [0, 0.05) is 11.4 Å². The van der Waals surface area contributed by atoms with Gasteiger partial charge < -0.3 is 4.74 Å². The van der Waals surface area contributed by atoms with Gasteiger partial charge in [-0.05, 0) is 18.2 Å². The fourth-order valence-corrected chi connectivity index (χ4v) is 1.35. The van der Waals surface area contributed by atoms with Crippen LogP contribution in [0.1, 0.15) is 0 Å². The number of amides is 1. The first-order chi connectivity index (χ1) is 7.22. The maximum Gasteiger partial charge on any atom is 0.322 e. The first-order valence-corrected chi connectivity index (χ1v) is 4.35. The summed E-state index contributed by atoms with van der Waals surface area (Å²) >= 11 is 0. The van der Waals surface area contributed by atoms with Crippen molar-refractivity contribution in [3.63, 3.8) is 0 Å². The fourth-order valence-electron chi connectivity index (χ4n) is 1.35. The van der Waals surface area contributed by atoms with E-state index in [-0.39, 0.29) is 0 Å². The number of carbonyl (C=O) groups is 2. The molecule has 0 fully saturated rings. The molecule has 76 valence electrons. The highest BCUT2D eigenvalue weighted by Crippen LogP contribution is 2.05. The SMILES string of the molecule is COC(=O)C1C=c2cccnc2=NC1=O. The van der Waals surface area contributed by atoms with Gasteiger partial charge >= 0.3 is 5.97 Å². The molecule has 0 N–H and O–H groups in total. The van der Waals surface area contributed by atoms with Crippen molar-refractivity contribution in [1.29, 1.82) is 0 Å². The maximum absolute atomic E-state index is 11.4. The van der Waals surface area contributed by atoms with E-state index in [9.17, 15) is 9.59 Å². The number of ether oxygens (including phenoxy) is 1. The lowest BCUT2D eigenvalue weighted by Crippen LogP contribution is -2.38. The Bertz CT molecular complexity index is 536. The number of carbonyl (C=O) groups excluding carboxylic acids is 2. The van der Waals surface area contributed by atoms with Crippen molar-refractivity contribution in [3.05, 3.63) is 29.0 Å². The van der Waals surface area contributed by atoms with E-state index in [4.69, 9.17) is 0 Å². The van der Waals surface area contributed by atoms with E-state index in [0.29, 0.717) is 10.7 Å². The van der Waals surface area contributed by atoms with Crippen LogP contribution in [-0.2, 0) is 14.3 Å². The molecular weight excluding hydrogens is 196 g/mol. The summed E-state index contributed by atoms with van der Waals surface area (Å²) in [6, 6.07) is 3.46. The average molecular weight is 204 g/mol. The minimum Gasteiger partial charge on any atom is -0.468 e. The molecule has 0 saturated heterocycles. The highest BCUT2D eigenvalue weighted by atomic mass is 16.5. The predicted molar refractivity (Wildman–Crippen MR) is 50.0 cm³/mol. The summed E-state index contributed by atoms with van der Waals surface area (Å²) in [7, 11) is 1.24. The van der Waals surface area contributed by atoms with Crippen molar-refractivity contribution < 1.29 is 14.3 Å². The summed E-state index contributed by atoms with van der Waals surface area (Å²) in [5, 5.41) is 0.674. The molecule has 0 saturated carbocycles. The van der Waals surface area contributed by atoms with Crippen LogP contribution < -0.4 is 10.7 Å². The Kier molecular flexibility index (Phi) is 2.29. The number of hydrogen-bond donors (Lipinski definition) is 0. The largest absolute Gasteiger partial charge is 0.468 e. The first-order valence-electron chi connectivity index (χ1n) is 4.35. The van der Waals surface area contributed by atoms with Gasteiger partial charge in [0.15, 0.2) is 11.4 Å². The zero-order valence-corrected chi connectivity index (χ0v) is 8.01. The lowest BCUT2D eigenvalue weighted by atomic mass is 10.1. The standard InChI is InChI=1S/C10H8N2O3/c1-15-10(14)7-5-6-3-2-4-11-8(6)12-9(7)13/h2-5,7H,1H3. The molecule has 0 aromatic carbocycles. The Hall–Kier alpha value is -2.04. The monoisotopic (exact) mass is 204 g/mol. The minimum atomic E-state index is -0.938. The molecule has 2 heterocycles. The van der Waals surface area contributed by atoms with Crippen LogP contribution in [0.2, 0.25) is 0 Å². The molecule has 1 atom stereocenters. The molecule has 0 bridgehead atoms. The molecular formula is C10H8N2O3. The number of pyridine rings is 1. The normalized spacial score (nSPS) is 18.5. The van der Waals surface area contributed by atoms with Crippen molar-refractivity contribution in [3.8, 4) is 0 Å². The zero-order valence-electron chi connectivity index (χ0n) is 8.01. The van der Waals surface area contributed by atoms with Gasteiger partial charge in [-0.1, -0.05) is 0 Å². The lowest BCUT2D eigenvalue weighted by Gasteiger charge is -2.08. The third-order valence-electron chi connectivity index (χ3n) is 2.10. The summed E-state index contributed by atoms with van der Waals surface area (Å²) < 4.78 is 4.50. The fraction of sp³-hybridized carbons (Fsp3) is 0.200. The van der Waals surface area contributed by atoms with Gasteiger partial charge in [-0.2, -0.15) is 4.99 Å². The molecule has 1 aromatic rings. The van der Waals surface area contributed by atoms with Crippen LogP contribution in [0.25, 0.3) is 6.08 Å². The second-order valence-electron chi connectivity index (χ2n) is 3.03. The van der Waals surface area contributed by atoms with Gasteiger partial charge in [-0.3, -0.25) is 9.59 Å². The molecule has 5 heteroatoms. The zero-order chi connectivity index (χ0) is 10.8. The Balaban J connectivity index is 2.56. The summed E-state index contributed by atoms with van der Waals surface area (Å²) in [5.74, 6) is -2.07. The lowest BCUT2D eigenvalue weighted by molar-refractivity contribution is -0.146. The van der Waals surface area contributed by atoms with E-state index in [1.54, 1.807) is 18.3 Å². The van der Waals surface area contributed by atoms with Crippen LogP contribution in [0, 0.1) is 5.92 Å². The summed E-state index contributed by atoms with van der Waals surface area (Å²) in [6.07, 6.45) is 3.06. The van der Waals surface area contributed by atoms with E-state index < -0.39 is 17.8 Å². The smallest absolute Gasteiger partial charge is 0.322 e. The second-order valence-corrected chi connectivity index (χ2v) is 3.03. The van der Waals surface area contributed by atoms with E-state index in [1.807, 2.05) is 0 Å². The van der Waals surface area contributed by atoms with Gasteiger partial charge in [0.25, 0.3) is 5.91 Å². The molecule has 15 heavy (non-hydrogen) atoms. The van der Waals surface area contributed by atoms with Crippen LogP contribution in [0.4, 0.5) is 0 Å². The Morgan fingerprint density at radius 3 is 3.07 bits per heavy atom. The van der Waals surface area contributed by atoms with Crippen molar-refractivity contribution >= 4 is 18.0 Å². The molecule has 1 unspecified atom stereocenters. The van der Waals surface area contributed by atoms with Crippen LogP contribution in [0.3, 0.4) is 0 Å². The molecule has 1 amide bonds. The number of fused-ring (bicyclic) bond motifs is 1. The first kappa shape index (κ1) is 9.51. The van der Waals surface area contributed by atoms with Gasteiger partial charge in [0.05, 0.1) is 7.11 Å². The van der Waals surface area contributed by atoms with Crippen molar-refractivity contribution in [2.24, 2.45) is 10.9 Å². The van der Waals surface area contributed by atoms with Crippen LogP contribution in [-0.4, -0.2) is 24.0 Å². The molecule has 1 aliphatic heterocycles. The number of aromatic nitrogens is 1. The number of nitrogens with zero attached hydrogens (tertiary/aromatic N) is 2. The quantitative estimate of drug-likeness (QED) is 0.426. The maximum atomic E-state index is 11.4. The van der Waals surface area contributed by atoms with E-state index >= 15 is 0 Å². The summed E-state index contributed by atoms with van der Waals surface area (Å²) in [6.45, 7) is 0. The van der Waals surface area contributed by atoms with Crippen LogP contribution in [0.15, 0.2) is 23.3 Å². The summed E-state index contributed by atoms with van der Waals surface area (Å²) in [4.78, 5) is 30.3. The molecule has 2 rings (SSSR count). The summed E-state index contributed by atoms with van der Waals surface area (Å²) in [5.41, 5.74) is 0.350. The Morgan fingerprint density at radius 2 is 2.33 bits per heavy atom. The van der Waals surface area contributed by atoms with E-state index in [1.165, 1.54) is 13.2 Å². The molecule has 1 aromatic heterocycles. The Labute approximate surface area is 85.1 Å². The third-order valence-corrected chi connectivity index (χ3v) is 2.10. The Morgan fingerprint density at radius 1 is 1.53 bits per heavy atom. The number of hydrogen-bond acceptors (Lipinski definition) is 4. The van der Waals surface area contributed by atoms with Gasteiger partial charge in [-0.25, -0.2) is 4.98 Å². The third kappa shape index (κ3) is 1.63. The average Bonchev–Trinajstić information content (AvgIpc) is 2.27. The number of rotatable bonds is 1. The molecule has 0 spiro atoms. The topological polar surface area (TPSA) is 68.6 Å². The number of esters is 1. The highest BCUT2D eigenvalue weighted by molar-refractivity contribution is 6.04. The molecule has 0 radical (unpaired) electrons. The van der Waals surface area contributed by atoms with Gasteiger partial charge in [0.1, 0.15) is 0 Å². The molecule has 0 aliphatic carbocycles. The molecule has 5 nitrogen and oxygen atoms in total. The second kappa shape index (κ2) is 3.61. The van der Waals surface area contributed by atoms with Crippen molar-refractivity contribution in [1.82, 2.24) is 4.98 Å². The van der Waals surface area contributed by atoms with Crippen LogP contribution in [0.5, 0.6) is 0 Å². The highest BCUT2D eigenvalue weighted by Gasteiger charge is 2.26. The van der Waals surface area contributed by atoms with E-state index in [2.05, 4.69) is 14.7 Å². The number of methoxy groups -OCH3 is 1. The molecule has 1 aliphatic rings. The predicted octanol–water partition coefficient (Wildman–Crippen LogP) is -1.19. The van der Waals surface area contributed by atoms with Crippen molar-refractivity contribution in [2.45, 2.75) is 0 Å². The van der Waals surface area contributed by atoms with E-state index in [0.717, 1.165) is 0 Å². The van der Waals surface area contributed by atoms with Crippen LogP contribution >= 0.6 is 0 Å². The van der Waals surface area contributed by atoms with Gasteiger partial charge in [0.2, 0.25) is 0 Å². The minimum absolute atomic E-state index is 0.350. The van der Waals surface area contributed by atoms with Gasteiger partial charge in [-0.15, -0.1) is 0 Å².